The number of hydrogen-bond donors (Lipinski definition) is 0. The average molecular weight is 387 g/mol. The molecule has 10 heteroatoms. The molecule has 1 aromatic rings. The third-order valence-corrected chi connectivity index (χ3v) is 2.64. The van der Waals surface area contributed by atoms with E-state index < -0.39 is 33.3 Å². The summed E-state index contributed by atoms with van der Waals surface area (Å²) in [5.41, 5.74) is -1.34. The number of pyridine rings is 1. The Kier molecular flexibility index (Phi) is 4.18. The highest BCUT2D eigenvalue weighted by Crippen LogP contribution is 2.41. The molecule has 0 amide bonds. The quantitative estimate of drug-likeness (QED) is 0.574. The second-order valence-electron chi connectivity index (χ2n) is 2.86. The van der Waals surface area contributed by atoms with Crippen LogP contribution in [0.5, 0.6) is 11.5 Å². The van der Waals surface area contributed by atoms with Gasteiger partial charge in [-0.25, -0.2) is 4.98 Å². The van der Waals surface area contributed by atoms with Crippen molar-refractivity contribution >= 4 is 22.6 Å². The lowest BCUT2D eigenvalue weighted by molar-refractivity contribution is -0.275. The minimum absolute atomic E-state index is 0.317. The summed E-state index contributed by atoms with van der Waals surface area (Å²) in [4.78, 5) is 2.90. The number of halogens is 7. The molecule has 0 atom stereocenters. The van der Waals surface area contributed by atoms with Crippen LogP contribution in [0.2, 0.25) is 0 Å². The molecule has 0 bridgehead atoms. The molecule has 0 N–H and O–H groups in total. The lowest BCUT2D eigenvalue weighted by Crippen LogP contribution is -2.19. The Morgan fingerprint density at radius 2 is 1.72 bits per heavy atom. The molecule has 0 aromatic carbocycles. The van der Waals surface area contributed by atoms with Crippen LogP contribution in [0.25, 0.3) is 0 Å². The van der Waals surface area contributed by atoms with Crippen molar-refractivity contribution in [3.8, 4) is 11.5 Å². The van der Waals surface area contributed by atoms with Crippen molar-refractivity contribution in [3.63, 3.8) is 0 Å². The van der Waals surface area contributed by atoms with Gasteiger partial charge in [0.25, 0.3) is 0 Å². The summed E-state index contributed by atoms with van der Waals surface area (Å²) in [7, 11) is 0.931. The topological polar surface area (TPSA) is 31.4 Å². The Balaban J connectivity index is 3.30. The molecule has 1 aromatic heterocycles. The molecule has 3 nitrogen and oxygen atoms in total. The molecule has 0 unspecified atom stereocenters. The second kappa shape index (κ2) is 4.97. The van der Waals surface area contributed by atoms with Gasteiger partial charge >= 0.3 is 12.5 Å². The predicted molar refractivity (Wildman–Crippen MR) is 55.2 cm³/mol. The maximum Gasteiger partial charge on any atom is 0.573 e. The van der Waals surface area contributed by atoms with E-state index in [0.717, 1.165) is 7.11 Å². The number of hydrogen-bond acceptors (Lipinski definition) is 3. The minimum atomic E-state index is -5.04. The number of aromatic nitrogens is 1. The van der Waals surface area contributed by atoms with E-state index in [-0.39, 0.29) is 0 Å². The number of ether oxygens (including phenoxy) is 2. The van der Waals surface area contributed by atoms with Gasteiger partial charge < -0.3 is 9.47 Å². The SMILES string of the molecule is COc1c(OC(F)(F)F)cnc(C(F)(F)F)c1I. The second-order valence-corrected chi connectivity index (χ2v) is 3.94. The van der Waals surface area contributed by atoms with Gasteiger partial charge in [-0.2, -0.15) is 13.2 Å². The van der Waals surface area contributed by atoms with E-state index in [2.05, 4.69) is 14.5 Å². The Morgan fingerprint density at radius 3 is 2.11 bits per heavy atom. The average Bonchev–Trinajstić information content (AvgIpc) is 2.13. The zero-order chi connectivity index (χ0) is 14.1. The number of methoxy groups -OCH3 is 1. The van der Waals surface area contributed by atoms with Crippen LogP contribution in [0.15, 0.2) is 6.20 Å². The highest BCUT2D eigenvalue weighted by Gasteiger charge is 2.39. The first kappa shape index (κ1) is 15.1. The Morgan fingerprint density at radius 1 is 1.17 bits per heavy atom. The Labute approximate surface area is 110 Å². The monoisotopic (exact) mass is 387 g/mol. The van der Waals surface area contributed by atoms with Crippen LogP contribution in [-0.2, 0) is 6.18 Å². The highest BCUT2D eigenvalue weighted by molar-refractivity contribution is 14.1. The first-order chi connectivity index (χ1) is 8.06. The van der Waals surface area contributed by atoms with Gasteiger partial charge in [0.2, 0.25) is 0 Å². The fourth-order valence-corrected chi connectivity index (χ4v) is 1.97. The van der Waals surface area contributed by atoms with Crippen LogP contribution in [0.4, 0.5) is 26.3 Å². The van der Waals surface area contributed by atoms with E-state index in [1.807, 2.05) is 0 Å². The van der Waals surface area contributed by atoms with Gasteiger partial charge in [0.15, 0.2) is 17.2 Å². The summed E-state index contributed by atoms with van der Waals surface area (Å²) in [6.45, 7) is 0. The summed E-state index contributed by atoms with van der Waals surface area (Å²) in [6, 6.07) is 0. The summed E-state index contributed by atoms with van der Waals surface area (Å²) in [6.07, 6.45) is -9.52. The van der Waals surface area contributed by atoms with Crippen molar-refractivity contribution in [2.45, 2.75) is 12.5 Å². The zero-order valence-electron chi connectivity index (χ0n) is 8.49. The smallest absolute Gasteiger partial charge is 0.492 e. The van der Waals surface area contributed by atoms with Crippen molar-refractivity contribution in [1.82, 2.24) is 4.98 Å². The molecule has 0 saturated heterocycles. The van der Waals surface area contributed by atoms with Crippen LogP contribution in [-0.4, -0.2) is 18.5 Å². The molecule has 0 aliphatic carbocycles. The lowest BCUT2D eigenvalue weighted by atomic mass is 10.3. The van der Waals surface area contributed by atoms with Crippen LogP contribution in [0.3, 0.4) is 0 Å². The van der Waals surface area contributed by atoms with Gasteiger partial charge in [0.1, 0.15) is 0 Å². The summed E-state index contributed by atoms with van der Waals surface area (Å²) >= 11 is 1.19. The first-order valence-corrected chi connectivity index (χ1v) is 5.19. The molecule has 0 spiro atoms. The van der Waals surface area contributed by atoms with E-state index in [4.69, 9.17) is 0 Å². The number of rotatable bonds is 2. The highest BCUT2D eigenvalue weighted by atomic mass is 127. The van der Waals surface area contributed by atoms with E-state index in [9.17, 15) is 26.3 Å². The molecule has 0 aliphatic rings. The van der Waals surface area contributed by atoms with Gasteiger partial charge in [-0.1, -0.05) is 0 Å². The molecule has 102 valence electrons. The van der Waals surface area contributed by atoms with Crippen LogP contribution in [0.1, 0.15) is 5.69 Å². The summed E-state index contributed by atoms with van der Waals surface area (Å²) < 4.78 is 80.7. The van der Waals surface area contributed by atoms with Gasteiger partial charge in [0, 0.05) is 0 Å². The molecule has 0 saturated carbocycles. The third-order valence-electron chi connectivity index (χ3n) is 1.64. The normalized spacial score (nSPS) is 12.4. The van der Waals surface area contributed by atoms with Gasteiger partial charge in [-0.3, -0.25) is 0 Å². The van der Waals surface area contributed by atoms with Crippen molar-refractivity contribution < 1.29 is 35.8 Å². The van der Waals surface area contributed by atoms with Crippen LogP contribution in [0, 0.1) is 3.57 Å². The largest absolute Gasteiger partial charge is 0.573 e. The van der Waals surface area contributed by atoms with Crippen molar-refractivity contribution in [2.75, 3.05) is 7.11 Å². The Bertz CT molecular complexity index is 444. The number of nitrogens with zero attached hydrogens (tertiary/aromatic N) is 1. The van der Waals surface area contributed by atoms with E-state index in [0.29, 0.717) is 6.20 Å². The molecular formula is C8H4F6INO2. The van der Waals surface area contributed by atoms with Gasteiger partial charge in [-0.15, -0.1) is 13.2 Å². The molecule has 0 radical (unpaired) electrons. The predicted octanol–water partition coefficient (Wildman–Crippen LogP) is 3.61. The fourth-order valence-electron chi connectivity index (χ4n) is 1.04. The first-order valence-electron chi connectivity index (χ1n) is 4.11. The molecular weight excluding hydrogens is 383 g/mol. The standard InChI is InChI=1S/C8H4F6INO2/c1-17-5-3(18-8(12,13)14)2-16-6(4(5)15)7(9,10)11/h2H,1H3. The molecule has 18 heavy (non-hydrogen) atoms. The van der Waals surface area contributed by atoms with Crippen molar-refractivity contribution in [1.29, 1.82) is 0 Å². The minimum Gasteiger partial charge on any atom is -0.492 e. The number of alkyl halides is 6. The molecule has 0 fully saturated rings. The summed E-state index contributed by atoms with van der Waals surface area (Å²) in [5.74, 6) is -1.60. The zero-order valence-corrected chi connectivity index (χ0v) is 10.6. The molecule has 1 heterocycles. The third kappa shape index (κ3) is 3.53. The van der Waals surface area contributed by atoms with Crippen LogP contribution >= 0.6 is 22.6 Å². The molecule has 1 rings (SSSR count). The van der Waals surface area contributed by atoms with E-state index in [1.54, 1.807) is 0 Å². The maximum absolute atomic E-state index is 12.4. The molecule has 0 aliphatic heterocycles. The van der Waals surface area contributed by atoms with E-state index >= 15 is 0 Å². The van der Waals surface area contributed by atoms with Gasteiger partial charge in [0.05, 0.1) is 16.9 Å². The fraction of sp³-hybridized carbons (Fsp3) is 0.375. The van der Waals surface area contributed by atoms with Gasteiger partial charge in [-0.05, 0) is 22.6 Å². The Hall–Kier alpha value is -0.940. The lowest BCUT2D eigenvalue weighted by Gasteiger charge is -2.16. The summed E-state index contributed by atoms with van der Waals surface area (Å²) in [5, 5.41) is 0. The van der Waals surface area contributed by atoms with Crippen molar-refractivity contribution in [2.24, 2.45) is 0 Å². The van der Waals surface area contributed by atoms with E-state index in [1.165, 1.54) is 22.6 Å². The van der Waals surface area contributed by atoms with Crippen molar-refractivity contribution in [3.05, 3.63) is 15.5 Å². The van der Waals surface area contributed by atoms with Crippen LogP contribution < -0.4 is 9.47 Å². The maximum atomic E-state index is 12.4.